The molecule has 0 unspecified atom stereocenters. The number of morpholine rings is 1. The van der Waals surface area contributed by atoms with Crippen molar-refractivity contribution in [3.8, 4) is 11.5 Å². The molecule has 2 aromatic carbocycles. The number of rotatable bonds is 9. The van der Waals surface area contributed by atoms with Crippen molar-refractivity contribution in [3.63, 3.8) is 0 Å². The number of hydrogen-bond donors (Lipinski definition) is 1. The Labute approximate surface area is 210 Å². The van der Waals surface area contributed by atoms with Crippen molar-refractivity contribution < 1.29 is 19.0 Å². The van der Waals surface area contributed by atoms with Gasteiger partial charge in [-0.15, -0.1) is 0 Å². The summed E-state index contributed by atoms with van der Waals surface area (Å²) in [5, 5.41) is 8.39. The zero-order valence-corrected chi connectivity index (χ0v) is 21.4. The molecule has 1 saturated heterocycles. The normalized spacial score (nSPS) is 13.8. The Bertz CT molecular complexity index is 1280. The summed E-state index contributed by atoms with van der Waals surface area (Å²) in [5.41, 5.74) is 1.35. The number of aromatic nitrogens is 2. The summed E-state index contributed by atoms with van der Waals surface area (Å²) in [6.07, 6.45) is 0. The van der Waals surface area contributed by atoms with Gasteiger partial charge >= 0.3 is 0 Å². The Morgan fingerprint density at radius 1 is 1.06 bits per heavy atom. The highest BCUT2D eigenvalue weighted by Gasteiger charge is 2.23. The van der Waals surface area contributed by atoms with Crippen LogP contribution in [0.1, 0.15) is 38.2 Å². The Hall–Kier alpha value is -3.59. The van der Waals surface area contributed by atoms with E-state index in [1.807, 2.05) is 33.8 Å². The largest absolute Gasteiger partial charge is 0.492 e. The van der Waals surface area contributed by atoms with Crippen molar-refractivity contribution in [2.45, 2.75) is 34.2 Å². The number of fused-ring (bicyclic) bond motifs is 1. The van der Waals surface area contributed by atoms with Gasteiger partial charge in [-0.1, -0.05) is 32.0 Å². The zero-order chi connectivity index (χ0) is 25.7. The average Bonchev–Trinajstić information content (AvgIpc) is 2.87. The van der Waals surface area contributed by atoms with Crippen LogP contribution in [0, 0.1) is 5.92 Å². The lowest BCUT2D eigenvalue weighted by Gasteiger charge is -2.31. The third-order valence-corrected chi connectivity index (χ3v) is 5.88. The molecule has 1 fully saturated rings. The van der Waals surface area contributed by atoms with Crippen LogP contribution < -0.4 is 25.2 Å². The molecule has 0 radical (unpaired) electrons. The molecular weight excluding hydrogens is 460 g/mol. The Kier molecular flexibility index (Phi) is 8.10. The van der Waals surface area contributed by atoms with Crippen molar-refractivity contribution in [1.29, 1.82) is 0 Å². The van der Waals surface area contributed by atoms with Gasteiger partial charge in [0.05, 0.1) is 43.2 Å². The molecule has 1 amide bonds. The molecule has 2 heterocycles. The molecule has 1 aliphatic heterocycles. The van der Waals surface area contributed by atoms with Gasteiger partial charge in [0, 0.05) is 37.2 Å². The SMILES string of the molecule is CCOc1cc(N2CCOCC2)c(OCC)cc1NC(=O)c1nn(CC(C)C)c(=O)c2ccccc12. The second kappa shape index (κ2) is 11.4. The number of hydrogen-bond acceptors (Lipinski definition) is 7. The quantitative estimate of drug-likeness (QED) is 0.481. The molecule has 1 aromatic heterocycles. The summed E-state index contributed by atoms with van der Waals surface area (Å²) in [4.78, 5) is 28.7. The molecule has 4 rings (SSSR count). The van der Waals surface area contributed by atoms with Crippen LogP contribution in [0.4, 0.5) is 11.4 Å². The van der Waals surface area contributed by atoms with E-state index in [1.54, 1.807) is 30.3 Å². The number of amides is 1. The van der Waals surface area contributed by atoms with Gasteiger partial charge in [-0.2, -0.15) is 5.10 Å². The first kappa shape index (κ1) is 25.5. The van der Waals surface area contributed by atoms with E-state index in [0.29, 0.717) is 60.9 Å². The van der Waals surface area contributed by atoms with E-state index in [9.17, 15) is 9.59 Å². The Morgan fingerprint density at radius 2 is 1.72 bits per heavy atom. The molecule has 3 aromatic rings. The number of nitrogens with zero attached hydrogens (tertiary/aromatic N) is 3. The molecular formula is C27H34N4O5. The monoisotopic (exact) mass is 494 g/mol. The molecule has 192 valence electrons. The first-order valence-electron chi connectivity index (χ1n) is 12.5. The first-order valence-corrected chi connectivity index (χ1v) is 12.5. The Balaban J connectivity index is 1.76. The molecule has 1 aliphatic rings. The average molecular weight is 495 g/mol. The van der Waals surface area contributed by atoms with Crippen LogP contribution in [-0.2, 0) is 11.3 Å². The fourth-order valence-electron chi connectivity index (χ4n) is 4.30. The maximum absolute atomic E-state index is 13.6. The van der Waals surface area contributed by atoms with Gasteiger partial charge < -0.3 is 24.4 Å². The molecule has 0 saturated carbocycles. The van der Waals surface area contributed by atoms with E-state index in [0.717, 1.165) is 18.8 Å². The molecule has 9 nitrogen and oxygen atoms in total. The number of ether oxygens (including phenoxy) is 3. The summed E-state index contributed by atoms with van der Waals surface area (Å²) in [7, 11) is 0. The van der Waals surface area contributed by atoms with Crippen molar-refractivity contribution >= 4 is 28.1 Å². The minimum Gasteiger partial charge on any atom is -0.492 e. The standard InChI is InChI=1S/C27H34N4O5/c1-5-35-23-16-22(30-11-13-34-14-12-30)24(36-6-2)15-21(23)28-26(32)25-19-9-7-8-10-20(19)27(33)31(29-25)17-18(3)4/h7-10,15-16,18H,5-6,11-14,17H2,1-4H3,(H,28,32). The van der Waals surface area contributed by atoms with Gasteiger partial charge in [0.2, 0.25) is 0 Å². The lowest BCUT2D eigenvalue weighted by atomic mass is 10.1. The molecule has 0 aliphatic carbocycles. The van der Waals surface area contributed by atoms with Crippen LogP contribution in [0.5, 0.6) is 11.5 Å². The zero-order valence-electron chi connectivity index (χ0n) is 21.4. The van der Waals surface area contributed by atoms with E-state index in [-0.39, 0.29) is 17.2 Å². The van der Waals surface area contributed by atoms with Gasteiger partial charge in [-0.3, -0.25) is 9.59 Å². The Morgan fingerprint density at radius 3 is 2.39 bits per heavy atom. The number of benzene rings is 2. The third-order valence-electron chi connectivity index (χ3n) is 5.88. The molecule has 1 N–H and O–H groups in total. The van der Waals surface area contributed by atoms with Gasteiger partial charge in [0.15, 0.2) is 5.69 Å². The summed E-state index contributed by atoms with van der Waals surface area (Å²) >= 11 is 0. The summed E-state index contributed by atoms with van der Waals surface area (Å²) in [6.45, 7) is 11.9. The van der Waals surface area contributed by atoms with Crippen molar-refractivity contribution in [2.75, 3.05) is 49.7 Å². The van der Waals surface area contributed by atoms with Crippen molar-refractivity contribution in [2.24, 2.45) is 5.92 Å². The summed E-state index contributed by atoms with van der Waals surface area (Å²) < 4.78 is 18.7. The van der Waals surface area contributed by atoms with Crippen LogP contribution in [0.25, 0.3) is 10.8 Å². The third kappa shape index (κ3) is 5.46. The predicted octanol–water partition coefficient (Wildman–Crippen LogP) is 3.94. The topological polar surface area (TPSA) is 94.9 Å². The van der Waals surface area contributed by atoms with Crippen molar-refractivity contribution in [3.05, 3.63) is 52.4 Å². The van der Waals surface area contributed by atoms with E-state index < -0.39 is 5.91 Å². The van der Waals surface area contributed by atoms with E-state index in [2.05, 4.69) is 15.3 Å². The summed E-state index contributed by atoms with van der Waals surface area (Å²) in [6, 6.07) is 10.8. The maximum atomic E-state index is 13.6. The van der Waals surface area contributed by atoms with Crippen molar-refractivity contribution in [1.82, 2.24) is 9.78 Å². The minimum absolute atomic E-state index is 0.184. The highest BCUT2D eigenvalue weighted by Crippen LogP contribution is 2.39. The lowest BCUT2D eigenvalue weighted by molar-refractivity contribution is 0.102. The van der Waals surface area contributed by atoms with Gasteiger partial charge in [0.25, 0.3) is 11.5 Å². The molecule has 0 spiro atoms. The number of carbonyl (C=O) groups is 1. The molecule has 36 heavy (non-hydrogen) atoms. The lowest BCUT2D eigenvalue weighted by Crippen LogP contribution is -2.36. The van der Waals surface area contributed by atoms with Crippen LogP contribution >= 0.6 is 0 Å². The van der Waals surface area contributed by atoms with Crippen LogP contribution in [0.15, 0.2) is 41.2 Å². The highest BCUT2D eigenvalue weighted by atomic mass is 16.5. The number of anilines is 2. The van der Waals surface area contributed by atoms with Gasteiger partial charge in [-0.05, 0) is 25.8 Å². The second-order valence-electron chi connectivity index (χ2n) is 9.01. The van der Waals surface area contributed by atoms with Crippen LogP contribution in [0.3, 0.4) is 0 Å². The van der Waals surface area contributed by atoms with E-state index >= 15 is 0 Å². The molecule has 0 bridgehead atoms. The van der Waals surface area contributed by atoms with Crippen LogP contribution in [-0.4, -0.2) is 55.2 Å². The fourth-order valence-corrected chi connectivity index (χ4v) is 4.30. The van der Waals surface area contributed by atoms with Gasteiger partial charge in [-0.25, -0.2) is 4.68 Å². The summed E-state index contributed by atoms with van der Waals surface area (Å²) in [5.74, 6) is 0.959. The minimum atomic E-state index is -0.425. The smallest absolute Gasteiger partial charge is 0.276 e. The van der Waals surface area contributed by atoms with Crippen LogP contribution in [0.2, 0.25) is 0 Å². The number of carbonyl (C=O) groups excluding carboxylic acids is 1. The van der Waals surface area contributed by atoms with Gasteiger partial charge in [0.1, 0.15) is 11.5 Å². The van der Waals surface area contributed by atoms with E-state index in [4.69, 9.17) is 14.2 Å². The first-order chi connectivity index (χ1) is 17.4. The molecule has 9 heteroatoms. The predicted molar refractivity (Wildman–Crippen MR) is 141 cm³/mol. The molecule has 0 atom stereocenters. The maximum Gasteiger partial charge on any atom is 0.276 e. The number of nitrogens with one attached hydrogen (secondary N) is 1. The fraction of sp³-hybridized carbons (Fsp3) is 0.444. The highest BCUT2D eigenvalue weighted by molar-refractivity contribution is 6.11. The second-order valence-corrected chi connectivity index (χ2v) is 9.01. The van der Waals surface area contributed by atoms with E-state index in [1.165, 1.54) is 4.68 Å².